The van der Waals surface area contributed by atoms with Crippen molar-refractivity contribution < 1.29 is 59.2 Å². The molecule has 182 valence electrons. The topological polar surface area (TPSA) is 88.8 Å². The van der Waals surface area contributed by atoms with Crippen LogP contribution in [0.3, 0.4) is 0 Å². The Morgan fingerprint density at radius 2 is 1.58 bits per heavy atom. The molecule has 0 aliphatic rings. The summed E-state index contributed by atoms with van der Waals surface area (Å²) in [6.45, 7) is 2.75. The molecule has 6 atom stereocenters. The van der Waals surface area contributed by atoms with Gasteiger partial charge in [-0.3, -0.25) is 0 Å². The Morgan fingerprint density at radius 1 is 1.06 bits per heavy atom. The fraction of sp³-hybridized carbons (Fsp3) is 0.882. The molecule has 6 nitrogen and oxygen atoms in total. The standard InChI is InChI=1S/C17H23F8NO5/c1-8(11(27)9(2)18)12(30-7-5-6-26)13(29-4)10(3)31-14(28)15(19,20)16(21,22)17(23,24)25/h8-13,27H,5,7H2,1-4H3. The Balaban J connectivity index is 5.74. The number of nitriles is 1. The Morgan fingerprint density at radius 3 is 1.97 bits per heavy atom. The molecule has 0 saturated carbocycles. The zero-order valence-corrected chi connectivity index (χ0v) is 16.9. The molecule has 0 rings (SSSR count). The van der Waals surface area contributed by atoms with Crippen LogP contribution in [0.1, 0.15) is 27.2 Å². The number of hydrogen-bond donors (Lipinski definition) is 1. The molecule has 0 spiro atoms. The van der Waals surface area contributed by atoms with Crippen molar-refractivity contribution in [3.63, 3.8) is 0 Å². The summed E-state index contributed by atoms with van der Waals surface area (Å²) in [4.78, 5) is 11.5. The molecule has 0 radical (unpaired) electrons. The van der Waals surface area contributed by atoms with Crippen LogP contribution in [-0.2, 0) is 19.0 Å². The Bertz CT molecular complexity index is 623. The van der Waals surface area contributed by atoms with Crippen LogP contribution in [0, 0.1) is 17.2 Å². The largest absolute Gasteiger partial charge is 0.460 e. The highest BCUT2D eigenvalue weighted by molar-refractivity contribution is 5.79. The van der Waals surface area contributed by atoms with Crippen LogP contribution in [0.2, 0.25) is 0 Å². The smallest absolute Gasteiger partial charge is 0.455 e. The van der Waals surface area contributed by atoms with Crippen molar-refractivity contribution >= 4 is 5.97 Å². The molecule has 31 heavy (non-hydrogen) atoms. The van der Waals surface area contributed by atoms with Crippen molar-refractivity contribution in [3.05, 3.63) is 0 Å². The van der Waals surface area contributed by atoms with E-state index in [1.165, 1.54) is 6.92 Å². The number of rotatable bonds is 12. The fourth-order valence-corrected chi connectivity index (χ4v) is 2.61. The maximum absolute atomic E-state index is 13.5. The van der Waals surface area contributed by atoms with Crippen molar-refractivity contribution in [3.8, 4) is 6.07 Å². The van der Waals surface area contributed by atoms with E-state index < -0.39 is 60.5 Å². The zero-order chi connectivity index (χ0) is 24.8. The second-order valence-corrected chi connectivity index (χ2v) is 6.73. The van der Waals surface area contributed by atoms with E-state index in [0.29, 0.717) is 0 Å². The summed E-state index contributed by atoms with van der Waals surface area (Å²) in [5.74, 6) is -17.3. The molecule has 0 amide bonds. The van der Waals surface area contributed by atoms with Crippen LogP contribution in [-0.4, -0.2) is 73.4 Å². The molecule has 0 bridgehead atoms. The first kappa shape index (κ1) is 29.3. The van der Waals surface area contributed by atoms with Gasteiger partial charge in [-0.25, -0.2) is 9.18 Å². The molecule has 0 aromatic rings. The monoisotopic (exact) mass is 473 g/mol. The highest BCUT2D eigenvalue weighted by Gasteiger charge is 2.77. The van der Waals surface area contributed by atoms with Gasteiger partial charge in [0.2, 0.25) is 0 Å². The van der Waals surface area contributed by atoms with E-state index in [4.69, 9.17) is 14.7 Å². The van der Waals surface area contributed by atoms with E-state index >= 15 is 0 Å². The number of aliphatic hydroxyl groups is 1. The molecule has 0 aromatic carbocycles. The minimum absolute atomic E-state index is 0.203. The summed E-state index contributed by atoms with van der Waals surface area (Å²) in [5, 5.41) is 18.5. The first-order valence-electron chi connectivity index (χ1n) is 8.84. The van der Waals surface area contributed by atoms with Crippen LogP contribution >= 0.6 is 0 Å². The predicted octanol–water partition coefficient (Wildman–Crippen LogP) is 3.42. The van der Waals surface area contributed by atoms with Crippen LogP contribution in [0.25, 0.3) is 0 Å². The second-order valence-electron chi connectivity index (χ2n) is 6.73. The first-order valence-corrected chi connectivity index (χ1v) is 8.84. The van der Waals surface area contributed by atoms with Gasteiger partial charge in [0.25, 0.3) is 0 Å². The Labute approximate surface area is 173 Å². The molecule has 1 N–H and O–H groups in total. The number of ether oxygens (including phenoxy) is 3. The third-order valence-corrected chi connectivity index (χ3v) is 4.41. The summed E-state index contributed by atoms with van der Waals surface area (Å²) in [6.07, 6.45) is -15.4. The fourth-order valence-electron chi connectivity index (χ4n) is 2.61. The average molecular weight is 473 g/mol. The Hall–Kier alpha value is -1.72. The molecular formula is C17H23F8NO5. The van der Waals surface area contributed by atoms with Gasteiger partial charge in [0.15, 0.2) is 0 Å². The number of nitrogens with zero attached hydrogens (tertiary/aromatic N) is 1. The number of alkyl halides is 8. The van der Waals surface area contributed by atoms with Crippen LogP contribution in [0.5, 0.6) is 0 Å². The van der Waals surface area contributed by atoms with Crippen LogP contribution < -0.4 is 0 Å². The van der Waals surface area contributed by atoms with Crippen molar-refractivity contribution in [2.45, 2.75) is 75.8 Å². The molecule has 0 aromatic heterocycles. The van der Waals surface area contributed by atoms with E-state index in [1.807, 2.05) is 0 Å². The number of carbonyl (C=O) groups excluding carboxylic acids is 1. The summed E-state index contributed by atoms with van der Waals surface area (Å²) in [5.41, 5.74) is 0. The van der Waals surface area contributed by atoms with Gasteiger partial charge in [-0.15, -0.1) is 0 Å². The average Bonchev–Trinajstić information content (AvgIpc) is 2.64. The van der Waals surface area contributed by atoms with Crippen molar-refractivity contribution in [1.82, 2.24) is 0 Å². The lowest BCUT2D eigenvalue weighted by Crippen LogP contribution is -2.58. The SMILES string of the molecule is COC(C(C)OC(=O)C(F)(F)C(F)(F)C(F)(F)F)C(OCCC#N)C(C)C(O)C(C)F. The molecule has 0 fully saturated rings. The molecule has 0 heterocycles. The van der Waals surface area contributed by atoms with Gasteiger partial charge in [-0.05, 0) is 13.8 Å². The number of esters is 1. The lowest BCUT2D eigenvalue weighted by atomic mass is 9.89. The summed E-state index contributed by atoms with van der Waals surface area (Å²) < 4.78 is 118. The molecule has 14 heteroatoms. The minimum atomic E-state index is -6.74. The summed E-state index contributed by atoms with van der Waals surface area (Å²) in [6, 6.07) is 1.71. The third kappa shape index (κ3) is 6.88. The quantitative estimate of drug-likeness (QED) is 0.266. The van der Waals surface area contributed by atoms with Crippen molar-refractivity contribution in [1.29, 1.82) is 5.26 Å². The van der Waals surface area contributed by atoms with E-state index in [-0.39, 0.29) is 13.0 Å². The van der Waals surface area contributed by atoms with Gasteiger partial charge in [-0.2, -0.15) is 36.0 Å². The van der Waals surface area contributed by atoms with Gasteiger partial charge in [-0.1, -0.05) is 6.92 Å². The molecule has 6 unspecified atom stereocenters. The minimum Gasteiger partial charge on any atom is -0.455 e. The molecule has 0 aliphatic heterocycles. The van der Waals surface area contributed by atoms with E-state index in [1.54, 1.807) is 6.07 Å². The lowest BCUT2D eigenvalue weighted by molar-refractivity contribution is -0.349. The third-order valence-electron chi connectivity index (χ3n) is 4.41. The number of hydrogen-bond acceptors (Lipinski definition) is 6. The van der Waals surface area contributed by atoms with Gasteiger partial charge in [0.05, 0.1) is 31.3 Å². The second kappa shape index (κ2) is 11.2. The number of aliphatic hydroxyl groups excluding tert-OH is 1. The maximum Gasteiger partial charge on any atom is 0.460 e. The van der Waals surface area contributed by atoms with Crippen LogP contribution in [0.4, 0.5) is 35.1 Å². The highest BCUT2D eigenvalue weighted by atomic mass is 19.4. The lowest BCUT2D eigenvalue weighted by Gasteiger charge is -2.36. The maximum atomic E-state index is 13.5. The van der Waals surface area contributed by atoms with Gasteiger partial charge in [0, 0.05) is 13.0 Å². The highest BCUT2D eigenvalue weighted by Crippen LogP contribution is 2.47. The van der Waals surface area contributed by atoms with E-state index in [2.05, 4.69) is 4.74 Å². The molecule has 0 saturated heterocycles. The molecule has 0 aliphatic carbocycles. The van der Waals surface area contributed by atoms with Crippen molar-refractivity contribution in [2.75, 3.05) is 13.7 Å². The normalized spacial score (nSPS) is 19.0. The molecular weight excluding hydrogens is 450 g/mol. The van der Waals surface area contributed by atoms with Crippen LogP contribution in [0.15, 0.2) is 0 Å². The number of methoxy groups -OCH3 is 1. The number of carbonyl (C=O) groups is 1. The summed E-state index contributed by atoms with van der Waals surface area (Å²) in [7, 11) is 0.941. The summed E-state index contributed by atoms with van der Waals surface area (Å²) >= 11 is 0. The van der Waals surface area contributed by atoms with E-state index in [9.17, 15) is 45.0 Å². The first-order chi connectivity index (χ1) is 14.0. The van der Waals surface area contributed by atoms with E-state index in [0.717, 1.165) is 21.0 Å². The Kier molecular flexibility index (Phi) is 10.6. The zero-order valence-electron chi connectivity index (χ0n) is 16.9. The van der Waals surface area contributed by atoms with Gasteiger partial charge >= 0.3 is 24.0 Å². The van der Waals surface area contributed by atoms with Gasteiger partial charge in [0.1, 0.15) is 18.4 Å². The van der Waals surface area contributed by atoms with Crippen molar-refractivity contribution in [2.24, 2.45) is 5.92 Å². The number of halogens is 8. The predicted molar refractivity (Wildman–Crippen MR) is 88.0 cm³/mol. The van der Waals surface area contributed by atoms with Gasteiger partial charge < -0.3 is 19.3 Å².